The number of benzene rings is 1. The van der Waals surface area contributed by atoms with Crippen molar-refractivity contribution in [3.63, 3.8) is 0 Å². The Morgan fingerprint density at radius 1 is 1.21 bits per heavy atom. The number of rotatable bonds is 4. The van der Waals surface area contributed by atoms with Gasteiger partial charge in [0, 0.05) is 29.2 Å². The first kappa shape index (κ1) is 20.4. The van der Waals surface area contributed by atoms with E-state index in [1.165, 1.54) is 16.8 Å². The van der Waals surface area contributed by atoms with Crippen molar-refractivity contribution in [1.82, 2.24) is 9.62 Å². The molecule has 1 amide bonds. The molecular formula is C21H29BrN2O3S. The molecule has 1 saturated heterocycles. The lowest BCUT2D eigenvalue weighted by atomic mass is 9.68. The third-order valence-corrected chi connectivity index (χ3v) is 10.3. The zero-order chi connectivity index (χ0) is 20.3. The van der Waals surface area contributed by atoms with Gasteiger partial charge in [-0.05, 0) is 83.0 Å². The van der Waals surface area contributed by atoms with E-state index in [1.807, 2.05) is 0 Å². The molecule has 2 saturated carbocycles. The summed E-state index contributed by atoms with van der Waals surface area (Å²) in [4.78, 5) is 13.3. The van der Waals surface area contributed by atoms with Crippen LogP contribution >= 0.6 is 15.9 Å². The maximum absolute atomic E-state index is 13.1. The molecule has 1 unspecified atom stereocenters. The Morgan fingerprint density at radius 2 is 1.89 bits per heavy atom. The van der Waals surface area contributed by atoms with E-state index < -0.39 is 10.0 Å². The van der Waals surface area contributed by atoms with Crippen molar-refractivity contribution in [3.05, 3.63) is 28.2 Å². The van der Waals surface area contributed by atoms with Crippen LogP contribution in [0.1, 0.15) is 63.2 Å². The molecule has 4 rings (SSSR count). The molecule has 3 atom stereocenters. The van der Waals surface area contributed by atoms with Crippen molar-refractivity contribution < 1.29 is 13.2 Å². The van der Waals surface area contributed by atoms with E-state index in [0.717, 1.165) is 25.7 Å². The van der Waals surface area contributed by atoms with Crippen LogP contribution in [0.2, 0.25) is 0 Å². The van der Waals surface area contributed by atoms with Crippen LogP contribution in [-0.2, 0) is 10.0 Å². The smallest absolute Gasteiger partial charge is 0.251 e. The molecule has 0 spiro atoms. The molecule has 2 bridgehead atoms. The van der Waals surface area contributed by atoms with Crippen LogP contribution in [0.3, 0.4) is 0 Å². The normalized spacial score (nSPS) is 32.0. The van der Waals surface area contributed by atoms with Gasteiger partial charge in [0.25, 0.3) is 5.91 Å². The molecule has 5 nitrogen and oxygen atoms in total. The predicted octanol–water partition coefficient (Wildman–Crippen LogP) is 4.18. The first-order valence-electron chi connectivity index (χ1n) is 10.2. The summed E-state index contributed by atoms with van der Waals surface area (Å²) >= 11 is 3.37. The van der Waals surface area contributed by atoms with Crippen molar-refractivity contribution in [2.24, 2.45) is 16.7 Å². The number of amides is 1. The molecule has 0 radical (unpaired) electrons. The van der Waals surface area contributed by atoms with Crippen molar-refractivity contribution in [2.75, 3.05) is 13.1 Å². The molecule has 1 heterocycles. The largest absolute Gasteiger partial charge is 0.348 e. The van der Waals surface area contributed by atoms with E-state index in [1.54, 1.807) is 12.1 Å². The molecule has 1 aliphatic heterocycles. The summed E-state index contributed by atoms with van der Waals surface area (Å²) in [6.07, 6.45) is 5.29. The quantitative estimate of drug-likeness (QED) is 0.720. The minimum absolute atomic E-state index is 0.0580. The Kier molecular flexibility index (Phi) is 4.95. The molecule has 7 heteroatoms. The van der Waals surface area contributed by atoms with E-state index in [-0.39, 0.29) is 27.7 Å². The lowest BCUT2D eigenvalue weighted by Crippen LogP contribution is -2.52. The van der Waals surface area contributed by atoms with Crippen LogP contribution < -0.4 is 5.32 Å². The Morgan fingerprint density at radius 3 is 2.50 bits per heavy atom. The third-order valence-electron chi connectivity index (χ3n) is 7.42. The van der Waals surface area contributed by atoms with Gasteiger partial charge in [0.05, 0.1) is 4.90 Å². The number of sulfonamides is 1. The summed E-state index contributed by atoms with van der Waals surface area (Å²) in [6, 6.07) is 5.00. The summed E-state index contributed by atoms with van der Waals surface area (Å²) in [7, 11) is -3.59. The van der Waals surface area contributed by atoms with E-state index in [0.29, 0.717) is 29.0 Å². The number of carbonyl (C=O) groups is 1. The molecule has 2 aliphatic carbocycles. The van der Waals surface area contributed by atoms with Crippen molar-refractivity contribution >= 4 is 31.9 Å². The lowest BCUT2D eigenvalue weighted by molar-refractivity contribution is 0.0737. The monoisotopic (exact) mass is 468 g/mol. The van der Waals surface area contributed by atoms with E-state index in [4.69, 9.17) is 0 Å². The van der Waals surface area contributed by atoms with Crippen LogP contribution in [0, 0.1) is 16.7 Å². The SMILES string of the molecule is CC1(C)C(NC(=O)c2ccc(Br)c(S(=O)(=O)N3CCCC3)c2)[C@@]2(C)CC[C@@H]1C2. The van der Waals surface area contributed by atoms with Crippen molar-refractivity contribution in [2.45, 2.75) is 63.8 Å². The van der Waals surface area contributed by atoms with E-state index in [2.05, 4.69) is 42.0 Å². The molecule has 1 aromatic rings. The van der Waals surface area contributed by atoms with Gasteiger partial charge in [-0.25, -0.2) is 8.42 Å². The highest BCUT2D eigenvalue weighted by Crippen LogP contribution is 2.62. The van der Waals surface area contributed by atoms with Crippen molar-refractivity contribution in [1.29, 1.82) is 0 Å². The summed E-state index contributed by atoms with van der Waals surface area (Å²) in [5.41, 5.74) is 0.592. The average Bonchev–Trinajstić information content (AvgIpc) is 3.33. The summed E-state index contributed by atoms with van der Waals surface area (Å²) in [6.45, 7) is 7.86. The summed E-state index contributed by atoms with van der Waals surface area (Å²) in [5.74, 6) is 0.455. The van der Waals surface area contributed by atoms with Gasteiger partial charge in [-0.3, -0.25) is 4.79 Å². The van der Waals surface area contributed by atoms with Crippen LogP contribution in [0.25, 0.3) is 0 Å². The maximum Gasteiger partial charge on any atom is 0.251 e. The molecule has 3 aliphatic rings. The van der Waals surface area contributed by atoms with Gasteiger partial charge < -0.3 is 5.32 Å². The standard InChI is InChI=1S/C21H29BrN2O3S/c1-20(2)15-8-9-21(3,13-15)19(20)23-18(25)14-6-7-16(22)17(12-14)28(26,27)24-10-4-5-11-24/h6-7,12,15,19H,4-5,8-11,13H2,1-3H3,(H,23,25)/t15-,19?,21+/m1/s1. The summed E-state index contributed by atoms with van der Waals surface area (Å²) < 4.78 is 28.0. The molecule has 28 heavy (non-hydrogen) atoms. The van der Waals surface area contributed by atoms with Gasteiger partial charge in [0.15, 0.2) is 0 Å². The number of halogens is 1. The number of nitrogens with zero attached hydrogens (tertiary/aromatic N) is 1. The second-order valence-electron chi connectivity index (χ2n) is 9.58. The van der Waals surface area contributed by atoms with Crippen LogP contribution in [0.15, 0.2) is 27.6 Å². The molecule has 0 aromatic heterocycles. The fourth-order valence-electron chi connectivity index (χ4n) is 5.79. The van der Waals surface area contributed by atoms with Gasteiger partial charge in [-0.1, -0.05) is 20.8 Å². The van der Waals surface area contributed by atoms with Gasteiger partial charge in [-0.2, -0.15) is 4.31 Å². The predicted molar refractivity (Wildman–Crippen MR) is 113 cm³/mol. The van der Waals surface area contributed by atoms with Crippen molar-refractivity contribution in [3.8, 4) is 0 Å². The zero-order valence-corrected chi connectivity index (χ0v) is 19.2. The molecule has 1 N–H and O–H groups in total. The highest BCUT2D eigenvalue weighted by atomic mass is 79.9. The highest BCUT2D eigenvalue weighted by Gasteiger charge is 2.59. The minimum atomic E-state index is -3.59. The van der Waals surface area contributed by atoms with E-state index >= 15 is 0 Å². The number of carbonyl (C=O) groups excluding carboxylic acids is 1. The highest BCUT2D eigenvalue weighted by molar-refractivity contribution is 9.10. The van der Waals surface area contributed by atoms with Gasteiger partial charge in [0.1, 0.15) is 0 Å². The molecule has 3 fully saturated rings. The maximum atomic E-state index is 13.1. The van der Waals surface area contributed by atoms with Crippen LogP contribution in [-0.4, -0.2) is 37.8 Å². The number of hydrogen-bond acceptors (Lipinski definition) is 3. The molecular weight excluding hydrogens is 440 g/mol. The summed E-state index contributed by atoms with van der Waals surface area (Å²) in [5, 5.41) is 3.26. The number of hydrogen-bond donors (Lipinski definition) is 1. The van der Waals surface area contributed by atoms with Gasteiger partial charge in [-0.15, -0.1) is 0 Å². The molecule has 1 aromatic carbocycles. The van der Waals surface area contributed by atoms with Crippen LogP contribution in [0.4, 0.5) is 0 Å². The first-order chi connectivity index (χ1) is 13.1. The minimum Gasteiger partial charge on any atom is -0.348 e. The number of fused-ring (bicyclic) bond motifs is 2. The topological polar surface area (TPSA) is 66.5 Å². The van der Waals surface area contributed by atoms with Crippen LogP contribution in [0.5, 0.6) is 0 Å². The second-order valence-corrected chi connectivity index (χ2v) is 12.3. The first-order valence-corrected chi connectivity index (χ1v) is 12.4. The van der Waals surface area contributed by atoms with Gasteiger partial charge >= 0.3 is 0 Å². The number of nitrogens with one attached hydrogen (secondary N) is 1. The lowest BCUT2D eigenvalue weighted by Gasteiger charge is -2.43. The fraction of sp³-hybridized carbons (Fsp3) is 0.667. The second kappa shape index (κ2) is 6.81. The Labute approximate surface area is 176 Å². The Bertz CT molecular complexity index is 903. The third kappa shape index (κ3) is 3.14. The van der Waals surface area contributed by atoms with Gasteiger partial charge in [0.2, 0.25) is 10.0 Å². The Hall–Kier alpha value is -0.920. The molecule has 154 valence electrons. The average molecular weight is 469 g/mol. The zero-order valence-electron chi connectivity index (χ0n) is 16.8. The Balaban J connectivity index is 1.61. The van der Waals surface area contributed by atoms with E-state index in [9.17, 15) is 13.2 Å². The fourth-order valence-corrected chi connectivity index (χ4v) is 8.25.